The predicted octanol–water partition coefficient (Wildman–Crippen LogP) is 3.57. The number of fused-ring (bicyclic) bond motifs is 1. The third-order valence-corrected chi connectivity index (χ3v) is 5.95. The molecule has 0 fully saturated rings. The molecule has 2 heterocycles. The van der Waals surface area contributed by atoms with E-state index in [4.69, 9.17) is 0 Å². The van der Waals surface area contributed by atoms with E-state index in [2.05, 4.69) is 20.9 Å². The zero-order valence-electron chi connectivity index (χ0n) is 17.3. The number of hydrogen-bond donors (Lipinski definition) is 4. The number of amides is 3. The van der Waals surface area contributed by atoms with Crippen LogP contribution in [0.15, 0.2) is 72.2 Å². The Kier molecular flexibility index (Phi) is 6.32. The van der Waals surface area contributed by atoms with E-state index in [0.717, 1.165) is 16.5 Å². The van der Waals surface area contributed by atoms with Crippen molar-refractivity contribution in [1.82, 2.24) is 15.6 Å². The fourth-order valence-corrected chi connectivity index (χ4v) is 4.11. The molecule has 4 rings (SSSR count). The van der Waals surface area contributed by atoms with Crippen molar-refractivity contribution in [2.24, 2.45) is 0 Å². The number of aromatic nitrogens is 1. The highest BCUT2D eigenvalue weighted by molar-refractivity contribution is 7.12. The van der Waals surface area contributed by atoms with Gasteiger partial charge in [0, 0.05) is 41.8 Å². The first kappa shape index (κ1) is 21.3. The van der Waals surface area contributed by atoms with Crippen molar-refractivity contribution in [1.29, 1.82) is 0 Å². The summed E-state index contributed by atoms with van der Waals surface area (Å²) in [6.45, 7) is 0. The highest BCUT2D eigenvalue weighted by Crippen LogP contribution is 2.20. The lowest BCUT2D eigenvalue weighted by Crippen LogP contribution is -2.45. The maximum Gasteiger partial charge on any atom is 0.262 e. The quantitative estimate of drug-likeness (QED) is 0.349. The predicted molar refractivity (Wildman–Crippen MR) is 126 cm³/mol. The van der Waals surface area contributed by atoms with Gasteiger partial charge in [-0.2, -0.15) is 0 Å². The average molecular weight is 447 g/mol. The topological polar surface area (TPSA) is 103 Å². The van der Waals surface area contributed by atoms with Crippen molar-refractivity contribution < 1.29 is 14.4 Å². The number of rotatable bonds is 7. The maximum absolute atomic E-state index is 13.2. The zero-order chi connectivity index (χ0) is 22.5. The first-order valence-electron chi connectivity index (χ1n) is 10.1. The molecule has 4 aromatic rings. The van der Waals surface area contributed by atoms with Crippen molar-refractivity contribution in [3.63, 3.8) is 0 Å². The minimum Gasteiger partial charge on any atom is -0.361 e. The van der Waals surface area contributed by atoms with Gasteiger partial charge in [0.2, 0.25) is 5.91 Å². The maximum atomic E-state index is 13.2. The number of para-hydroxylation sites is 1. The van der Waals surface area contributed by atoms with Gasteiger partial charge in [0.15, 0.2) is 0 Å². The van der Waals surface area contributed by atoms with Crippen LogP contribution >= 0.6 is 11.3 Å². The van der Waals surface area contributed by atoms with Crippen LogP contribution in [-0.2, 0) is 11.2 Å². The van der Waals surface area contributed by atoms with Gasteiger partial charge < -0.3 is 20.9 Å². The summed E-state index contributed by atoms with van der Waals surface area (Å²) >= 11 is 1.31. The Bertz CT molecular complexity index is 1260. The molecule has 0 bridgehead atoms. The molecule has 162 valence electrons. The van der Waals surface area contributed by atoms with Crippen molar-refractivity contribution in [2.45, 2.75) is 12.5 Å². The number of carbonyl (C=O) groups excluding carboxylic acids is 3. The van der Waals surface area contributed by atoms with Crippen LogP contribution in [0.3, 0.4) is 0 Å². The van der Waals surface area contributed by atoms with E-state index in [-0.39, 0.29) is 17.7 Å². The van der Waals surface area contributed by atoms with Crippen molar-refractivity contribution in [2.75, 3.05) is 12.4 Å². The SMILES string of the molecule is CNC(=O)c1cccc(NC(=O)[C@@H](Cc2c[nH]c3ccccc23)NC(=O)c2cccs2)c1. The number of thiophene rings is 1. The summed E-state index contributed by atoms with van der Waals surface area (Å²) in [7, 11) is 1.55. The van der Waals surface area contributed by atoms with Crippen LogP contribution in [-0.4, -0.2) is 35.8 Å². The first-order valence-corrected chi connectivity index (χ1v) is 11.0. The van der Waals surface area contributed by atoms with E-state index in [1.165, 1.54) is 11.3 Å². The van der Waals surface area contributed by atoms with E-state index in [0.29, 0.717) is 22.5 Å². The van der Waals surface area contributed by atoms with Gasteiger partial charge in [0.25, 0.3) is 11.8 Å². The van der Waals surface area contributed by atoms with Crippen molar-refractivity contribution in [3.05, 3.63) is 88.2 Å². The van der Waals surface area contributed by atoms with Crippen LogP contribution in [0, 0.1) is 0 Å². The molecule has 8 heteroatoms. The number of nitrogens with one attached hydrogen (secondary N) is 4. The second-order valence-electron chi connectivity index (χ2n) is 7.22. The Morgan fingerprint density at radius 2 is 1.84 bits per heavy atom. The Morgan fingerprint density at radius 1 is 1.00 bits per heavy atom. The summed E-state index contributed by atoms with van der Waals surface area (Å²) in [5.41, 5.74) is 2.79. The van der Waals surface area contributed by atoms with E-state index in [1.54, 1.807) is 43.4 Å². The molecule has 7 nitrogen and oxygen atoms in total. The smallest absolute Gasteiger partial charge is 0.262 e. The number of benzene rings is 2. The molecule has 4 N–H and O–H groups in total. The molecule has 2 aromatic carbocycles. The number of carbonyl (C=O) groups is 3. The summed E-state index contributed by atoms with van der Waals surface area (Å²) in [5, 5.41) is 11.1. The zero-order valence-corrected chi connectivity index (χ0v) is 18.2. The van der Waals surface area contributed by atoms with Gasteiger partial charge in [-0.15, -0.1) is 11.3 Å². The molecule has 3 amide bonds. The second kappa shape index (κ2) is 9.49. The molecular weight excluding hydrogens is 424 g/mol. The third-order valence-electron chi connectivity index (χ3n) is 5.09. The fourth-order valence-electron chi connectivity index (χ4n) is 3.48. The van der Waals surface area contributed by atoms with E-state index < -0.39 is 6.04 Å². The van der Waals surface area contributed by atoms with Crippen LogP contribution in [0.25, 0.3) is 10.9 Å². The minimum atomic E-state index is -0.813. The third kappa shape index (κ3) is 4.70. The number of anilines is 1. The summed E-state index contributed by atoms with van der Waals surface area (Å²) in [6, 6.07) is 17.2. The number of H-pyrrole nitrogens is 1. The Labute approximate surface area is 188 Å². The minimum absolute atomic E-state index is 0.248. The molecule has 0 aliphatic heterocycles. The van der Waals surface area contributed by atoms with Gasteiger partial charge in [-0.25, -0.2) is 0 Å². The lowest BCUT2D eigenvalue weighted by Gasteiger charge is -2.18. The Hall–Kier alpha value is -3.91. The van der Waals surface area contributed by atoms with Crippen molar-refractivity contribution >= 4 is 45.6 Å². The van der Waals surface area contributed by atoms with Gasteiger partial charge in [0.05, 0.1) is 4.88 Å². The summed E-state index contributed by atoms with van der Waals surface area (Å²) < 4.78 is 0. The largest absolute Gasteiger partial charge is 0.361 e. The van der Waals surface area contributed by atoms with E-state index in [9.17, 15) is 14.4 Å². The normalized spacial score (nSPS) is 11.7. The molecule has 0 saturated carbocycles. The molecule has 1 atom stereocenters. The highest BCUT2D eigenvalue weighted by Gasteiger charge is 2.24. The molecule has 0 spiro atoms. The second-order valence-corrected chi connectivity index (χ2v) is 8.16. The molecule has 0 radical (unpaired) electrons. The van der Waals surface area contributed by atoms with Crippen LogP contribution in [0.1, 0.15) is 25.6 Å². The van der Waals surface area contributed by atoms with Crippen LogP contribution in [0.2, 0.25) is 0 Å². The van der Waals surface area contributed by atoms with Gasteiger partial charge in [-0.3, -0.25) is 14.4 Å². The van der Waals surface area contributed by atoms with Crippen LogP contribution < -0.4 is 16.0 Å². The first-order chi connectivity index (χ1) is 15.5. The van der Waals surface area contributed by atoms with Gasteiger partial charge in [-0.1, -0.05) is 30.3 Å². The van der Waals surface area contributed by atoms with Crippen LogP contribution in [0.5, 0.6) is 0 Å². The summed E-state index contributed by atoms with van der Waals surface area (Å²) in [6.07, 6.45) is 2.16. The monoisotopic (exact) mass is 446 g/mol. The number of aromatic amines is 1. The Balaban J connectivity index is 1.58. The molecule has 0 aliphatic carbocycles. The van der Waals surface area contributed by atoms with Crippen molar-refractivity contribution in [3.8, 4) is 0 Å². The van der Waals surface area contributed by atoms with Gasteiger partial charge in [-0.05, 0) is 41.3 Å². The number of hydrogen-bond acceptors (Lipinski definition) is 4. The fraction of sp³-hybridized carbons (Fsp3) is 0.125. The lowest BCUT2D eigenvalue weighted by molar-refractivity contribution is -0.118. The highest BCUT2D eigenvalue weighted by atomic mass is 32.1. The molecule has 2 aromatic heterocycles. The molecular formula is C24H22N4O3S. The van der Waals surface area contributed by atoms with Gasteiger partial charge >= 0.3 is 0 Å². The molecule has 32 heavy (non-hydrogen) atoms. The molecule has 0 saturated heterocycles. The van der Waals surface area contributed by atoms with Crippen LogP contribution in [0.4, 0.5) is 5.69 Å². The standard InChI is InChI=1S/C24H22N4O3S/c1-25-22(29)15-6-4-7-17(12-15)27-23(30)20(28-24(31)21-10-5-11-32-21)13-16-14-26-19-9-3-2-8-18(16)19/h2-12,14,20,26H,13H2,1H3,(H,25,29)(H,27,30)(H,28,31)/t20-/m1/s1. The van der Waals surface area contributed by atoms with E-state index in [1.807, 2.05) is 35.8 Å². The average Bonchev–Trinajstić information content (AvgIpc) is 3.49. The summed E-state index contributed by atoms with van der Waals surface area (Å²) in [4.78, 5) is 41.6. The molecule has 0 unspecified atom stereocenters. The van der Waals surface area contributed by atoms with E-state index >= 15 is 0 Å². The Morgan fingerprint density at radius 3 is 2.62 bits per heavy atom. The summed E-state index contributed by atoms with van der Waals surface area (Å²) in [5.74, 6) is -0.921. The lowest BCUT2D eigenvalue weighted by atomic mass is 10.0. The van der Waals surface area contributed by atoms with Gasteiger partial charge in [0.1, 0.15) is 6.04 Å². The molecule has 0 aliphatic rings.